The van der Waals surface area contributed by atoms with Crippen molar-refractivity contribution >= 4 is 47.7 Å². The molecule has 0 aromatic rings. The SMILES string of the molecule is C[C@@H](O)[C@H](NOC(=O)CNOC(=O)[C@H](CCCCN)NOC(=O)[C@H](CO)NOC(=O)[C@H](CCCNC(=N)N)NOC(=O)[C@H](CO)NOC(=O)CN)C(=O)O. The van der Waals surface area contributed by atoms with Crippen LogP contribution in [-0.4, -0.2) is 144 Å². The first-order valence-corrected chi connectivity index (χ1v) is 15.9. The summed E-state index contributed by atoms with van der Waals surface area (Å²) in [5, 5.41) is 47.1. The molecule has 0 aromatic carbocycles. The highest BCUT2D eigenvalue weighted by atomic mass is 16.7. The molecular weight excluding hydrogens is 738 g/mol. The Balaban J connectivity index is 5.30. The molecule has 0 aliphatic rings. The lowest BCUT2D eigenvalue weighted by molar-refractivity contribution is -0.175. The van der Waals surface area contributed by atoms with Crippen molar-refractivity contribution in [1.82, 2.24) is 38.2 Å². The Morgan fingerprint density at radius 2 is 1.13 bits per heavy atom. The first-order valence-electron chi connectivity index (χ1n) is 15.9. The molecule has 0 aliphatic heterocycles. The summed E-state index contributed by atoms with van der Waals surface area (Å²) in [5.41, 5.74) is 27.7. The largest absolute Gasteiger partial charge is 0.480 e. The molecule has 0 fully saturated rings. The second-order valence-corrected chi connectivity index (χ2v) is 10.6. The zero-order chi connectivity index (χ0) is 41.1. The van der Waals surface area contributed by atoms with Gasteiger partial charge in [0.1, 0.15) is 18.6 Å². The molecule has 0 bridgehead atoms. The van der Waals surface area contributed by atoms with Gasteiger partial charge in [0.2, 0.25) is 0 Å². The van der Waals surface area contributed by atoms with E-state index in [0.29, 0.717) is 12.8 Å². The van der Waals surface area contributed by atoms with E-state index in [0.717, 1.165) is 6.92 Å². The fourth-order valence-electron chi connectivity index (χ4n) is 3.33. The number of aliphatic hydroxyl groups is 3. The molecule has 0 saturated heterocycles. The van der Waals surface area contributed by atoms with Crippen molar-refractivity contribution in [2.45, 2.75) is 75.3 Å². The Labute approximate surface area is 306 Å². The van der Waals surface area contributed by atoms with Crippen LogP contribution in [0.1, 0.15) is 39.0 Å². The number of nitrogens with one attached hydrogen (secondary N) is 8. The predicted molar refractivity (Wildman–Crippen MR) is 174 cm³/mol. The number of unbranched alkanes of at least 4 members (excludes halogenated alkanes) is 1. The maximum Gasteiger partial charge on any atom is 0.347 e. The number of hydroxylamine groups is 6. The molecule has 0 unspecified atom stereocenters. The Hall–Kier alpha value is -4.88. The molecule has 28 heteroatoms. The molecule has 0 amide bonds. The maximum atomic E-state index is 12.8. The summed E-state index contributed by atoms with van der Waals surface area (Å²) in [6.07, 6.45) is -0.728. The molecule has 0 saturated carbocycles. The minimum Gasteiger partial charge on any atom is -0.480 e. The third kappa shape index (κ3) is 21.6. The number of carbonyl (C=O) groups excluding carboxylic acids is 6. The van der Waals surface area contributed by atoms with Gasteiger partial charge in [-0.2, -0.15) is 0 Å². The topological polar surface area (TPSA) is 442 Å². The van der Waals surface area contributed by atoms with E-state index < -0.39 is 104 Å². The Kier molecular flexibility index (Phi) is 26.0. The van der Waals surface area contributed by atoms with Gasteiger partial charge in [-0.25, -0.2) is 28.8 Å². The summed E-state index contributed by atoms with van der Waals surface area (Å²) in [6.45, 7) is -1.80. The number of carboxylic acids is 1. The van der Waals surface area contributed by atoms with E-state index in [-0.39, 0.29) is 38.3 Å². The Morgan fingerprint density at radius 1 is 0.667 bits per heavy atom. The van der Waals surface area contributed by atoms with E-state index in [9.17, 15) is 48.9 Å². The van der Waals surface area contributed by atoms with Crippen LogP contribution < -0.4 is 55.4 Å². The van der Waals surface area contributed by atoms with Crippen LogP contribution in [0.25, 0.3) is 0 Å². The Bertz CT molecular complexity index is 1220. The lowest BCUT2D eigenvalue weighted by atomic mass is 10.1. The van der Waals surface area contributed by atoms with Gasteiger partial charge in [-0.1, -0.05) is 0 Å². The number of nitrogens with two attached hydrogens (primary N) is 3. The maximum absolute atomic E-state index is 12.8. The second kappa shape index (κ2) is 28.6. The number of aliphatic carboxylic acids is 1. The van der Waals surface area contributed by atoms with Crippen LogP contribution in [0.3, 0.4) is 0 Å². The lowest BCUT2D eigenvalue weighted by Crippen LogP contribution is -2.50. The normalized spacial score (nSPS) is 14.2. The quantitative estimate of drug-likeness (QED) is 0.0106. The summed E-state index contributed by atoms with van der Waals surface area (Å²) in [6, 6.07) is -7.86. The van der Waals surface area contributed by atoms with Crippen LogP contribution in [0.2, 0.25) is 0 Å². The molecule has 28 nitrogen and oxygen atoms in total. The minimum absolute atomic E-state index is 0.0233. The summed E-state index contributed by atoms with van der Waals surface area (Å²) in [7, 11) is 0. The number of carboxylic acid groups (broad SMARTS) is 1. The monoisotopic (exact) mass is 787 g/mol. The van der Waals surface area contributed by atoms with Gasteiger partial charge in [-0.15, -0.1) is 32.9 Å². The first kappa shape index (κ1) is 49.1. The number of rotatable bonds is 30. The molecule has 0 aliphatic carbocycles. The average molecular weight is 788 g/mol. The molecule has 0 spiro atoms. The van der Waals surface area contributed by atoms with Crippen molar-refractivity contribution < 1.29 is 83.0 Å². The van der Waals surface area contributed by atoms with E-state index in [1.54, 1.807) is 0 Å². The number of hydrogen-bond acceptors (Lipinski definition) is 25. The zero-order valence-electron chi connectivity index (χ0n) is 29.1. The van der Waals surface area contributed by atoms with E-state index in [1.807, 2.05) is 21.9 Å². The first-order chi connectivity index (χ1) is 25.6. The van der Waals surface area contributed by atoms with Gasteiger partial charge in [0.05, 0.1) is 25.9 Å². The molecule has 18 N–H and O–H groups in total. The Morgan fingerprint density at radius 3 is 1.59 bits per heavy atom. The van der Waals surface area contributed by atoms with Crippen molar-refractivity contribution in [1.29, 1.82) is 5.41 Å². The van der Waals surface area contributed by atoms with Crippen molar-refractivity contribution in [3.05, 3.63) is 0 Å². The fourth-order valence-corrected chi connectivity index (χ4v) is 3.33. The average Bonchev–Trinajstić information content (AvgIpc) is 3.12. The van der Waals surface area contributed by atoms with Crippen molar-refractivity contribution in [3.63, 3.8) is 0 Å². The van der Waals surface area contributed by atoms with Crippen LogP contribution in [0.5, 0.6) is 0 Å². The summed E-state index contributed by atoms with van der Waals surface area (Å²) < 4.78 is 0. The molecule has 0 rings (SSSR count). The van der Waals surface area contributed by atoms with Gasteiger partial charge >= 0.3 is 41.8 Å². The molecule has 0 radical (unpaired) electrons. The van der Waals surface area contributed by atoms with Gasteiger partial charge in [0, 0.05) is 6.54 Å². The zero-order valence-corrected chi connectivity index (χ0v) is 29.1. The van der Waals surface area contributed by atoms with E-state index in [4.69, 9.17) is 47.1 Å². The van der Waals surface area contributed by atoms with Gasteiger partial charge in [0.15, 0.2) is 24.1 Å². The summed E-state index contributed by atoms with van der Waals surface area (Å²) >= 11 is 0. The smallest absolute Gasteiger partial charge is 0.347 e. The lowest BCUT2D eigenvalue weighted by Gasteiger charge is -2.21. The highest BCUT2D eigenvalue weighted by molar-refractivity contribution is 5.80. The molecule has 310 valence electrons. The fraction of sp³-hybridized carbons (Fsp3) is 0.692. The van der Waals surface area contributed by atoms with Crippen LogP contribution >= 0.6 is 0 Å². The van der Waals surface area contributed by atoms with Crippen LogP contribution in [-0.2, 0) is 62.6 Å². The van der Waals surface area contributed by atoms with E-state index in [1.165, 1.54) is 0 Å². The van der Waals surface area contributed by atoms with Crippen LogP contribution in [0.15, 0.2) is 0 Å². The van der Waals surface area contributed by atoms with Gasteiger partial charge in [0.25, 0.3) is 0 Å². The summed E-state index contributed by atoms with van der Waals surface area (Å²) in [4.78, 5) is 113. The van der Waals surface area contributed by atoms with Gasteiger partial charge in [-0.3, -0.25) is 10.2 Å². The third-order valence-electron chi connectivity index (χ3n) is 6.26. The van der Waals surface area contributed by atoms with Crippen LogP contribution in [0.4, 0.5) is 0 Å². The van der Waals surface area contributed by atoms with E-state index >= 15 is 0 Å². The van der Waals surface area contributed by atoms with Crippen molar-refractivity contribution in [2.75, 3.05) is 39.4 Å². The predicted octanol–water partition coefficient (Wildman–Crippen LogP) is -8.08. The molecule has 0 aromatic heterocycles. The standard InChI is InChI=1S/C26H49N11O17/c1-13(40)20(21(43)44)37-50-19(42)10-32-51-22(45)14(5-2-3-7-27)33-54-25(48)17(12-39)36-52-23(46)15(6-4-8-31-26(29)30)34-53-24(47)16(11-38)35-49-18(41)9-28/h13-17,20,32-40H,2-12,27-28H2,1H3,(H,43,44)(H4,29,30,31)/t13-,14+,15+,16+,17+,20+/m1/s1. The molecule has 6 atom stereocenters. The van der Waals surface area contributed by atoms with Gasteiger partial charge < -0.3 is 72.0 Å². The number of hydrogen-bond donors (Lipinski definition) is 15. The molecular formula is C26H49N11O17. The minimum atomic E-state index is -1.76. The number of aliphatic hydroxyl groups excluding tert-OH is 3. The number of carbonyl (C=O) groups is 7. The second-order valence-electron chi connectivity index (χ2n) is 10.6. The van der Waals surface area contributed by atoms with Crippen molar-refractivity contribution in [2.24, 2.45) is 17.2 Å². The highest BCUT2D eigenvalue weighted by Gasteiger charge is 2.30. The third-order valence-corrected chi connectivity index (χ3v) is 6.26. The summed E-state index contributed by atoms with van der Waals surface area (Å²) in [5.74, 6) is -8.85. The highest BCUT2D eigenvalue weighted by Crippen LogP contribution is 2.05. The van der Waals surface area contributed by atoms with Crippen molar-refractivity contribution in [3.8, 4) is 0 Å². The van der Waals surface area contributed by atoms with E-state index in [2.05, 4.69) is 26.0 Å². The molecule has 54 heavy (non-hydrogen) atoms. The van der Waals surface area contributed by atoms with Crippen LogP contribution in [0, 0.1) is 5.41 Å². The number of guanidine groups is 1. The van der Waals surface area contributed by atoms with Gasteiger partial charge in [-0.05, 0) is 45.6 Å². The molecule has 0 heterocycles.